The summed E-state index contributed by atoms with van der Waals surface area (Å²) in [6.07, 6.45) is 5.77. The van der Waals surface area contributed by atoms with E-state index < -0.39 is 11.9 Å². The minimum absolute atomic E-state index is 0.109. The van der Waals surface area contributed by atoms with Gasteiger partial charge in [-0.1, -0.05) is 6.07 Å². The van der Waals surface area contributed by atoms with E-state index in [2.05, 4.69) is 25.9 Å². The summed E-state index contributed by atoms with van der Waals surface area (Å²) in [7, 11) is 1.51. The van der Waals surface area contributed by atoms with Gasteiger partial charge in [-0.25, -0.2) is 9.97 Å². The van der Waals surface area contributed by atoms with Crippen LogP contribution < -0.4 is 27.4 Å². The molecule has 0 unspecified atom stereocenters. The summed E-state index contributed by atoms with van der Waals surface area (Å²) >= 11 is 1.28. The molecule has 0 aromatic carbocycles. The fourth-order valence-electron chi connectivity index (χ4n) is 4.43. The molecule has 4 heterocycles. The fourth-order valence-corrected chi connectivity index (χ4v) is 5.35. The predicted molar refractivity (Wildman–Crippen MR) is 143 cm³/mol. The number of carbonyl (C=O) groups excluding carboxylic acids is 3. The molecule has 4 rings (SSSR count). The summed E-state index contributed by atoms with van der Waals surface area (Å²) in [5.74, 6) is -1.13. The zero-order valence-electron chi connectivity index (χ0n) is 21.0. The fraction of sp³-hybridized carbons (Fsp3) is 0.417. The van der Waals surface area contributed by atoms with E-state index in [1.807, 2.05) is 24.4 Å². The lowest BCUT2D eigenvalue weighted by Crippen LogP contribution is -2.45. The maximum atomic E-state index is 13.3. The summed E-state index contributed by atoms with van der Waals surface area (Å²) in [6, 6.07) is 4.20. The lowest BCUT2D eigenvalue weighted by Gasteiger charge is -2.22. The molecule has 0 radical (unpaired) electrons. The van der Waals surface area contributed by atoms with Gasteiger partial charge in [0.15, 0.2) is 5.96 Å². The third-order valence-electron chi connectivity index (χ3n) is 6.32. The van der Waals surface area contributed by atoms with Crippen molar-refractivity contribution in [3.05, 3.63) is 52.4 Å². The molecule has 202 valence electrons. The molecule has 0 aliphatic carbocycles. The number of guanidine groups is 1. The van der Waals surface area contributed by atoms with Crippen molar-refractivity contribution in [2.75, 3.05) is 20.1 Å². The Morgan fingerprint density at radius 3 is 2.79 bits per heavy atom. The Hall–Kier alpha value is -4.04. The minimum atomic E-state index is -0.733. The third kappa shape index (κ3) is 6.26. The second kappa shape index (κ2) is 12.0. The lowest BCUT2D eigenvalue weighted by molar-refractivity contribution is -0.122. The van der Waals surface area contributed by atoms with Gasteiger partial charge in [-0.3, -0.25) is 19.8 Å². The number of likely N-dealkylation sites (tertiary alicyclic amines) is 1. The number of carbonyl (C=O) groups is 3. The van der Waals surface area contributed by atoms with E-state index in [1.165, 1.54) is 18.4 Å². The van der Waals surface area contributed by atoms with Gasteiger partial charge in [0.05, 0.1) is 6.04 Å². The van der Waals surface area contributed by atoms with Crippen molar-refractivity contribution in [1.29, 1.82) is 5.41 Å². The number of amides is 3. The van der Waals surface area contributed by atoms with Crippen molar-refractivity contribution < 1.29 is 14.4 Å². The van der Waals surface area contributed by atoms with Gasteiger partial charge in [-0.2, -0.15) is 0 Å². The normalized spacial score (nSPS) is 17.8. The van der Waals surface area contributed by atoms with E-state index in [9.17, 15) is 14.4 Å². The molecule has 3 atom stereocenters. The SMILES string of the molecule is CNC(=O)[C@H](CCCCNC(=N)N)NC(=O)c1csc([C@@H]2C[C@@H](N)CN2C(=O)c2cn3ccccc3n2)n1. The Labute approximate surface area is 223 Å². The van der Waals surface area contributed by atoms with E-state index in [4.69, 9.17) is 16.9 Å². The van der Waals surface area contributed by atoms with Gasteiger partial charge in [0, 0.05) is 44.0 Å². The highest BCUT2D eigenvalue weighted by molar-refractivity contribution is 7.09. The molecule has 1 aliphatic rings. The van der Waals surface area contributed by atoms with Crippen LogP contribution >= 0.6 is 11.3 Å². The monoisotopic (exact) mass is 540 g/mol. The molecule has 3 aromatic rings. The number of hydrogen-bond acceptors (Lipinski definition) is 8. The van der Waals surface area contributed by atoms with E-state index in [1.54, 1.807) is 20.9 Å². The maximum absolute atomic E-state index is 13.3. The van der Waals surface area contributed by atoms with Crippen LogP contribution in [0.5, 0.6) is 0 Å². The average Bonchev–Trinajstić information content (AvgIpc) is 3.64. The van der Waals surface area contributed by atoms with E-state index in [-0.39, 0.29) is 35.6 Å². The number of nitrogens with one attached hydrogen (secondary N) is 4. The summed E-state index contributed by atoms with van der Waals surface area (Å²) in [5.41, 5.74) is 12.7. The topological polar surface area (TPSA) is 197 Å². The summed E-state index contributed by atoms with van der Waals surface area (Å²) < 4.78 is 1.78. The van der Waals surface area contributed by atoms with Crippen LogP contribution in [0.1, 0.15) is 57.7 Å². The van der Waals surface area contributed by atoms with Crippen LogP contribution in [0, 0.1) is 5.41 Å². The molecule has 8 N–H and O–H groups in total. The van der Waals surface area contributed by atoms with E-state index in [0.29, 0.717) is 55.1 Å². The van der Waals surface area contributed by atoms with Crippen molar-refractivity contribution in [1.82, 2.24) is 35.2 Å². The Morgan fingerprint density at radius 2 is 2.05 bits per heavy atom. The van der Waals surface area contributed by atoms with Crippen LogP contribution in [-0.2, 0) is 4.79 Å². The van der Waals surface area contributed by atoms with Crippen LogP contribution in [0.4, 0.5) is 0 Å². The van der Waals surface area contributed by atoms with Gasteiger partial charge in [0.25, 0.3) is 11.8 Å². The zero-order valence-corrected chi connectivity index (χ0v) is 21.8. The third-order valence-corrected chi connectivity index (χ3v) is 7.27. The number of nitrogens with two attached hydrogens (primary N) is 2. The highest BCUT2D eigenvalue weighted by Gasteiger charge is 2.38. The Bertz CT molecular complexity index is 1290. The zero-order chi connectivity index (χ0) is 27.2. The number of thiazole rings is 1. The molecular formula is C24H32N10O3S. The number of fused-ring (bicyclic) bond motifs is 1. The first kappa shape index (κ1) is 27.0. The van der Waals surface area contributed by atoms with Gasteiger partial charge in [-0.05, 0) is 37.8 Å². The summed E-state index contributed by atoms with van der Waals surface area (Å²) in [5, 5.41) is 17.5. The molecular weight excluding hydrogens is 508 g/mol. The van der Waals surface area contributed by atoms with Gasteiger partial charge in [0.1, 0.15) is 28.1 Å². The number of nitrogens with zero attached hydrogens (tertiary/aromatic N) is 4. The van der Waals surface area contributed by atoms with E-state index in [0.717, 1.165) is 0 Å². The number of aromatic nitrogens is 3. The van der Waals surface area contributed by atoms with Crippen molar-refractivity contribution in [3.63, 3.8) is 0 Å². The van der Waals surface area contributed by atoms with Crippen molar-refractivity contribution >= 4 is 40.7 Å². The van der Waals surface area contributed by atoms with Crippen LogP contribution in [0.25, 0.3) is 5.65 Å². The predicted octanol–water partition coefficient (Wildman–Crippen LogP) is 0.203. The highest BCUT2D eigenvalue weighted by Crippen LogP contribution is 2.34. The number of unbranched alkanes of at least 4 members (excludes halogenated alkanes) is 1. The van der Waals surface area contributed by atoms with Crippen molar-refractivity contribution in [2.45, 2.75) is 43.8 Å². The van der Waals surface area contributed by atoms with Crippen LogP contribution in [0.2, 0.25) is 0 Å². The number of hydrogen-bond donors (Lipinski definition) is 6. The Kier molecular flexibility index (Phi) is 8.53. The number of imidazole rings is 1. The Morgan fingerprint density at radius 1 is 1.24 bits per heavy atom. The maximum Gasteiger partial charge on any atom is 0.274 e. The van der Waals surface area contributed by atoms with Crippen LogP contribution in [0.15, 0.2) is 36.0 Å². The van der Waals surface area contributed by atoms with Gasteiger partial charge >= 0.3 is 0 Å². The second-order valence-corrected chi connectivity index (χ2v) is 10.00. The first-order valence-corrected chi connectivity index (χ1v) is 13.2. The van der Waals surface area contributed by atoms with E-state index >= 15 is 0 Å². The highest BCUT2D eigenvalue weighted by atomic mass is 32.1. The molecule has 0 bridgehead atoms. The van der Waals surface area contributed by atoms with Gasteiger partial charge in [0.2, 0.25) is 5.91 Å². The molecule has 1 saturated heterocycles. The molecule has 14 heteroatoms. The van der Waals surface area contributed by atoms with Crippen LogP contribution in [-0.4, -0.2) is 75.2 Å². The molecule has 0 saturated carbocycles. The summed E-state index contributed by atoms with van der Waals surface area (Å²) in [4.78, 5) is 49.3. The first-order chi connectivity index (χ1) is 18.3. The molecule has 1 aliphatic heterocycles. The van der Waals surface area contributed by atoms with Crippen LogP contribution in [0.3, 0.4) is 0 Å². The molecule has 3 aromatic heterocycles. The number of likely N-dealkylation sites (N-methyl/N-ethyl adjacent to an activating group) is 1. The minimum Gasteiger partial charge on any atom is -0.370 e. The second-order valence-electron chi connectivity index (χ2n) is 9.11. The summed E-state index contributed by atoms with van der Waals surface area (Å²) in [6.45, 7) is 0.864. The standard InChI is InChI=1S/C24H32N10O3S/c1-28-20(35)15(6-2-4-8-29-24(26)27)31-21(36)17-13-38-22(32-17)18-10-14(25)11-34(18)23(37)16-12-33-9-5-3-7-19(33)30-16/h3,5,7,9,12-15,18H,2,4,6,8,10-11,25H2,1H3,(H,28,35)(H,31,36)(H4,26,27,29)/t14-,15+,18+/m1/s1. The molecule has 0 spiro atoms. The number of pyridine rings is 1. The first-order valence-electron chi connectivity index (χ1n) is 12.3. The molecule has 13 nitrogen and oxygen atoms in total. The molecule has 3 amide bonds. The smallest absolute Gasteiger partial charge is 0.274 e. The van der Waals surface area contributed by atoms with Gasteiger partial charge in [-0.15, -0.1) is 11.3 Å². The lowest BCUT2D eigenvalue weighted by atomic mass is 10.1. The van der Waals surface area contributed by atoms with Crippen molar-refractivity contribution in [3.8, 4) is 0 Å². The molecule has 1 fully saturated rings. The number of rotatable bonds is 10. The molecule has 38 heavy (non-hydrogen) atoms. The van der Waals surface area contributed by atoms with Gasteiger partial charge < -0.3 is 36.7 Å². The largest absolute Gasteiger partial charge is 0.370 e. The Balaban J connectivity index is 1.43. The average molecular weight is 541 g/mol. The quantitative estimate of drug-likeness (QED) is 0.119. The van der Waals surface area contributed by atoms with Crippen molar-refractivity contribution in [2.24, 2.45) is 11.5 Å².